The second-order valence-corrected chi connectivity index (χ2v) is 7.91. The summed E-state index contributed by atoms with van der Waals surface area (Å²) in [5.74, 6) is 3.23. The Kier molecular flexibility index (Phi) is 8.57. The number of nitrogens with one attached hydrogen (secondary N) is 1. The number of halogens is 1. The molecule has 0 aliphatic rings. The average Bonchev–Trinajstić information content (AvgIpc) is 2.58. The molecule has 0 aliphatic carbocycles. The van der Waals surface area contributed by atoms with Gasteiger partial charge in [-0.15, -0.1) is 11.8 Å². The normalized spacial score (nSPS) is 10.6. The molecule has 24 heavy (non-hydrogen) atoms. The first kappa shape index (κ1) is 19.2. The molecule has 1 amide bonds. The lowest BCUT2D eigenvalue weighted by molar-refractivity contribution is -0.118. The van der Waals surface area contributed by atoms with Crippen LogP contribution in [0.3, 0.4) is 0 Å². The maximum absolute atomic E-state index is 11.8. The van der Waals surface area contributed by atoms with Crippen molar-refractivity contribution in [3.8, 4) is 0 Å². The highest BCUT2D eigenvalue weighted by Crippen LogP contribution is 2.20. The Labute approximate surface area is 157 Å². The van der Waals surface area contributed by atoms with Crippen molar-refractivity contribution in [1.29, 1.82) is 0 Å². The summed E-state index contributed by atoms with van der Waals surface area (Å²) in [6, 6.07) is 16.2. The van der Waals surface area contributed by atoms with E-state index in [2.05, 4.69) is 36.5 Å². The van der Waals surface area contributed by atoms with Gasteiger partial charge in [-0.3, -0.25) is 4.79 Å². The van der Waals surface area contributed by atoms with E-state index in [1.54, 1.807) is 11.8 Å². The van der Waals surface area contributed by atoms with Crippen LogP contribution < -0.4 is 5.32 Å². The molecule has 0 fully saturated rings. The van der Waals surface area contributed by atoms with E-state index >= 15 is 0 Å². The number of rotatable bonds is 9. The van der Waals surface area contributed by atoms with Crippen molar-refractivity contribution in [2.45, 2.75) is 18.4 Å². The molecular weight excluding hydrogens is 358 g/mol. The number of thioether (sulfide) groups is 2. The van der Waals surface area contributed by atoms with Gasteiger partial charge in [-0.25, -0.2) is 0 Å². The zero-order valence-corrected chi connectivity index (χ0v) is 16.1. The van der Waals surface area contributed by atoms with Crippen LogP contribution in [0.2, 0.25) is 5.02 Å². The molecule has 2 nitrogen and oxygen atoms in total. The summed E-state index contributed by atoms with van der Waals surface area (Å²) in [5, 5.41) is 3.73. The molecule has 0 aromatic heterocycles. The van der Waals surface area contributed by atoms with E-state index in [1.165, 1.54) is 11.1 Å². The van der Waals surface area contributed by atoms with E-state index in [9.17, 15) is 4.79 Å². The minimum atomic E-state index is 0.0866. The summed E-state index contributed by atoms with van der Waals surface area (Å²) in [4.78, 5) is 11.8. The minimum absolute atomic E-state index is 0.0866. The van der Waals surface area contributed by atoms with Crippen molar-refractivity contribution in [3.63, 3.8) is 0 Å². The van der Waals surface area contributed by atoms with Gasteiger partial charge in [0.2, 0.25) is 5.91 Å². The molecule has 0 spiro atoms. The third-order valence-corrected chi connectivity index (χ3v) is 5.89. The van der Waals surface area contributed by atoms with Crippen LogP contribution in [0.4, 0.5) is 0 Å². The molecular formula is C19H22ClNOS2. The summed E-state index contributed by atoms with van der Waals surface area (Å²) >= 11 is 9.54. The number of carbonyl (C=O) groups is 1. The Balaban J connectivity index is 1.55. The SMILES string of the molecule is Cc1ccccc1CSCCNC(=O)CSCc1ccccc1Cl. The summed E-state index contributed by atoms with van der Waals surface area (Å²) < 4.78 is 0. The zero-order valence-electron chi connectivity index (χ0n) is 13.8. The van der Waals surface area contributed by atoms with E-state index in [-0.39, 0.29) is 5.91 Å². The first-order chi connectivity index (χ1) is 11.7. The maximum Gasteiger partial charge on any atom is 0.230 e. The highest BCUT2D eigenvalue weighted by atomic mass is 35.5. The molecule has 5 heteroatoms. The van der Waals surface area contributed by atoms with Crippen molar-refractivity contribution in [1.82, 2.24) is 5.32 Å². The lowest BCUT2D eigenvalue weighted by Crippen LogP contribution is -2.27. The van der Waals surface area contributed by atoms with Crippen LogP contribution >= 0.6 is 35.1 Å². The molecule has 1 N–H and O–H groups in total. The Bertz CT molecular complexity index is 663. The molecule has 0 radical (unpaired) electrons. The van der Waals surface area contributed by atoms with E-state index in [0.717, 1.165) is 27.8 Å². The topological polar surface area (TPSA) is 29.1 Å². The Morgan fingerprint density at radius 1 is 1.00 bits per heavy atom. The Morgan fingerprint density at radius 2 is 1.67 bits per heavy atom. The van der Waals surface area contributed by atoms with Gasteiger partial charge in [0.05, 0.1) is 5.75 Å². The average molecular weight is 380 g/mol. The fraction of sp³-hybridized carbons (Fsp3) is 0.316. The van der Waals surface area contributed by atoms with Crippen LogP contribution in [-0.4, -0.2) is 24.0 Å². The predicted octanol–water partition coefficient (Wildman–Crippen LogP) is 4.93. The molecule has 0 aliphatic heterocycles. The van der Waals surface area contributed by atoms with E-state index in [1.807, 2.05) is 36.0 Å². The van der Waals surface area contributed by atoms with E-state index < -0.39 is 0 Å². The summed E-state index contributed by atoms with van der Waals surface area (Å²) in [6.45, 7) is 2.84. The number of hydrogen-bond donors (Lipinski definition) is 1. The van der Waals surface area contributed by atoms with Gasteiger partial charge in [0, 0.05) is 28.8 Å². The highest BCUT2D eigenvalue weighted by molar-refractivity contribution is 7.99. The molecule has 0 unspecified atom stereocenters. The molecule has 0 saturated heterocycles. The lowest BCUT2D eigenvalue weighted by atomic mass is 10.1. The van der Waals surface area contributed by atoms with Crippen LogP contribution in [0, 0.1) is 6.92 Å². The molecule has 2 rings (SSSR count). The lowest BCUT2D eigenvalue weighted by Gasteiger charge is -2.07. The highest BCUT2D eigenvalue weighted by Gasteiger charge is 2.04. The number of carbonyl (C=O) groups excluding carboxylic acids is 1. The second kappa shape index (κ2) is 10.7. The van der Waals surface area contributed by atoms with Crippen molar-refractivity contribution >= 4 is 41.0 Å². The van der Waals surface area contributed by atoms with Crippen molar-refractivity contribution < 1.29 is 4.79 Å². The van der Waals surface area contributed by atoms with Crippen LogP contribution in [-0.2, 0) is 16.3 Å². The molecule has 2 aromatic rings. The largest absolute Gasteiger partial charge is 0.355 e. The fourth-order valence-electron chi connectivity index (χ4n) is 2.14. The van der Waals surface area contributed by atoms with Gasteiger partial charge >= 0.3 is 0 Å². The van der Waals surface area contributed by atoms with Crippen LogP contribution in [0.25, 0.3) is 0 Å². The number of amides is 1. The van der Waals surface area contributed by atoms with Crippen LogP contribution in [0.5, 0.6) is 0 Å². The Hall–Kier alpha value is -1.10. The smallest absolute Gasteiger partial charge is 0.230 e. The summed E-state index contributed by atoms with van der Waals surface area (Å²) in [6.07, 6.45) is 0. The van der Waals surface area contributed by atoms with Crippen molar-refractivity contribution in [3.05, 3.63) is 70.2 Å². The first-order valence-electron chi connectivity index (χ1n) is 7.87. The van der Waals surface area contributed by atoms with Crippen molar-refractivity contribution in [2.75, 3.05) is 18.1 Å². The molecule has 2 aromatic carbocycles. The molecule has 0 atom stereocenters. The van der Waals surface area contributed by atoms with E-state index in [0.29, 0.717) is 12.3 Å². The number of hydrogen-bond acceptors (Lipinski definition) is 3. The minimum Gasteiger partial charge on any atom is -0.355 e. The maximum atomic E-state index is 11.8. The second-order valence-electron chi connectivity index (χ2n) is 5.41. The molecule has 0 heterocycles. The van der Waals surface area contributed by atoms with Gasteiger partial charge in [0.15, 0.2) is 0 Å². The monoisotopic (exact) mass is 379 g/mol. The standard InChI is InChI=1S/C19H22ClNOS2/c1-15-6-2-3-7-16(15)12-23-11-10-21-19(22)14-24-13-17-8-4-5-9-18(17)20/h2-9H,10-14H2,1H3,(H,21,22). The summed E-state index contributed by atoms with van der Waals surface area (Å²) in [5.41, 5.74) is 3.76. The van der Waals surface area contributed by atoms with Crippen LogP contribution in [0.1, 0.15) is 16.7 Å². The van der Waals surface area contributed by atoms with Gasteiger partial charge in [-0.05, 0) is 29.7 Å². The molecule has 0 bridgehead atoms. The first-order valence-corrected chi connectivity index (χ1v) is 10.6. The third-order valence-electron chi connectivity index (χ3n) is 3.54. The number of benzene rings is 2. The predicted molar refractivity (Wildman–Crippen MR) is 108 cm³/mol. The fourth-order valence-corrected chi connectivity index (χ4v) is 4.21. The molecule has 0 saturated carbocycles. The van der Waals surface area contributed by atoms with Gasteiger partial charge < -0.3 is 5.32 Å². The zero-order chi connectivity index (χ0) is 17.2. The quantitative estimate of drug-likeness (QED) is 0.626. The molecule has 128 valence electrons. The van der Waals surface area contributed by atoms with E-state index in [4.69, 9.17) is 11.6 Å². The summed E-state index contributed by atoms with van der Waals surface area (Å²) in [7, 11) is 0. The van der Waals surface area contributed by atoms with Gasteiger partial charge in [0.1, 0.15) is 0 Å². The Morgan fingerprint density at radius 3 is 2.42 bits per heavy atom. The third kappa shape index (κ3) is 6.80. The van der Waals surface area contributed by atoms with Crippen molar-refractivity contribution in [2.24, 2.45) is 0 Å². The number of aryl methyl sites for hydroxylation is 1. The van der Waals surface area contributed by atoms with Gasteiger partial charge in [0.25, 0.3) is 0 Å². The van der Waals surface area contributed by atoms with Crippen LogP contribution in [0.15, 0.2) is 48.5 Å². The van der Waals surface area contributed by atoms with Gasteiger partial charge in [-0.1, -0.05) is 54.1 Å². The van der Waals surface area contributed by atoms with Gasteiger partial charge in [-0.2, -0.15) is 11.8 Å².